The molecule has 0 atom stereocenters. The summed E-state index contributed by atoms with van der Waals surface area (Å²) in [6, 6.07) is 3.81. The van der Waals surface area contributed by atoms with Crippen LogP contribution in [0.2, 0.25) is 0 Å². The van der Waals surface area contributed by atoms with E-state index in [-0.39, 0.29) is 11.0 Å². The topological polar surface area (TPSA) is 47.6 Å². The number of hydrogen-bond donors (Lipinski definition) is 0. The number of hydrogen-bond acceptors (Lipinski definition) is 2. The van der Waals surface area contributed by atoms with Gasteiger partial charge in [0.15, 0.2) is 0 Å². The predicted molar refractivity (Wildman–Crippen MR) is 49.1 cm³/mol. The van der Waals surface area contributed by atoms with Gasteiger partial charge in [-0.05, 0) is 29.9 Å². The molecule has 0 bridgehead atoms. The second-order valence-electron chi connectivity index (χ2n) is 3.99. The molecule has 1 rings (SSSR count). The fraction of sp³-hybridized carbons (Fsp3) is 0.455. The Hall–Kier alpha value is -1.54. The molecule has 0 aromatic rings. The third-order valence-electron chi connectivity index (χ3n) is 2.07. The highest BCUT2D eigenvalue weighted by Crippen LogP contribution is 2.34. The van der Waals surface area contributed by atoms with Crippen molar-refractivity contribution < 1.29 is 0 Å². The van der Waals surface area contributed by atoms with Crippen LogP contribution in [-0.4, -0.2) is 0 Å². The lowest BCUT2D eigenvalue weighted by Crippen LogP contribution is -2.14. The van der Waals surface area contributed by atoms with Crippen LogP contribution in [0.25, 0.3) is 0 Å². The molecule has 0 saturated heterocycles. The van der Waals surface area contributed by atoms with Gasteiger partial charge in [0.2, 0.25) is 0 Å². The smallest absolute Gasteiger partial charge is 0.132 e. The van der Waals surface area contributed by atoms with E-state index in [0.717, 1.165) is 18.4 Å². The van der Waals surface area contributed by atoms with E-state index in [1.54, 1.807) is 6.08 Å². The molecule has 2 heteroatoms. The quantitative estimate of drug-likeness (QED) is 0.526. The largest absolute Gasteiger partial charge is 0.192 e. The van der Waals surface area contributed by atoms with E-state index >= 15 is 0 Å². The Balaban J connectivity index is 3.05. The zero-order valence-corrected chi connectivity index (χ0v) is 7.89. The van der Waals surface area contributed by atoms with E-state index < -0.39 is 0 Å². The normalized spacial score (nSPS) is 18.9. The van der Waals surface area contributed by atoms with Crippen LogP contribution in [0.4, 0.5) is 0 Å². The highest BCUT2D eigenvalue weighted by molar-refractivity contribution is 5.45. The predicted octanol–water partition coefficient (Wildman–Crippen LogP) is 2.51. The minimum Gasteiger partial charge on any atom is -0.192 e. The maximum atomic E-state index is 8.67. The van der Waals surface area contributed by atoms with Crippen LogP contribution < -0.4 is 0 Å². The molecule has 0 aliphatic heterocycles. The Bertz CT molecular complexity index is 329. The number of nitrogens with zero attached hydrogens (tertiary/aromatic N) is 2. The molecule has 0 amide bonds. The second kappa shape index (κ2) is 3.46. The Morgan fingerprint density at radius 1 is 1.46 bits per heavy atom. The summed E-state index contributed by atoms with van der Waals surface area (Å²) in [5.74, 6) is 0. The Morgan fingerprint density at radius 3 is 2.54 bits per heavy atom. The SMILES string of the molecule is CC1(C)C[C]=CC(=C(C#N)C#N)C1. The molecule has 65 valence electrons. The highest BCUT2D eigenvalue weighted by atomic mass is 14.3. The Morgan fingerprint density at radius 2 is 2.08 bits per heavy atom. The second-order valence-corrected chi connectivity index (χ2v) is 3.99. The molecule has 0 N–H and O–H groups in total. The summed E-state index contributed by atoms with van der Waals surface area (Å²) in [7, 11) is 0. The minimum absolute atomic E-state index is 0.128. The molecule has 0 fully saturated rings. The monoisotopic (exact) mass is 171 g/mol. The van der Waals surface area contributed by atoms with Crippen molar-refractivity contribution >= 4 is 0 Å². The summed E-state index contributed by atoms with van der Waals surface area (Å²) in [5.41, 5.74) is 1.17. The zero-order valence-electron chi connectivity index (χ0n) is 7.89. The van der Waals surface area contributed by atoms with Gasteiger partial charge in [0.05, 0.1) is 0 Å². The summed E-state index contributed by atoms with van der Waals surface area (Å²) in [4.78, 5) is 0. The third kappa shape index (κ3) is 2.20. The van der Waals surface area contributed by atoms with Gasteiger partial charge in [-0.1, -0.05) is 19.9 Å². The highest BCUT2D eigenvalue weighted by Gasteiger charge is 2.22. The van der Waals surface area contributed by atoms with Crippen LogP contribution in [0.15, 0.2) is 17.2 Å². The fourth-order valence-electron chi connectivity index (χ4n) is 1.41. The maximum absolute atomic E-state index is 8.67. The van der Waals surface area contributed by atoms with E-state index in [0.29, 0.717) is 0 Å². The molecule has 0 heterocycles. The van der Waals surface area contributed by atoms with Gasteiger partial charge in [0, 0.05) is 0 Å². The van der Waals surface area contributed by atoms with Crippen molar-refractivity contribution in [2.75, 3.05) is 0 Å². The Kier molecular flexibility index (Phi) is 2.54. The van der Waals surface area contributed by atoms with Gasteiger partial charge in [-0.15, -0.1) is 0 Å². The molecule has 0 saturated carbocycles. The summed E-state index contributed by atoms with van der Waals surface area (Å²) in [6.07, 6.45) is 6.54. The molecule has 0 aromatic carbocycles. The van der Waals surface area contributed by atoms with Crippen molar-refractivity contribution in [3.63, 3.8) is 0 Å². The van der Waals surface area contributed by atoms with Gasteiger partial charge in [0.1, 0.15) is 17.7 Å². The third-order valence-corrected chi connectivity index (χ3v) is 2.07. The summed E-state index contributed by atoms with van der Waals surface area (Å²) in [6.45, 7) is 4.22. The van der Waals surface area contributed by atoms with Crippen molar-refractivity contribution in [1.29, 1.82) is 10.5 Å². The summed E-state index contributed by atoms with van der Waals surface area (Å²) in [5, 5.41) is 17.3. The summed E-state index contributed by atoms with van der Waals surface area (Å²) < 4.78 is 0. The van der Waals surface area contributed by atoms with Crippen molar-refractivity contribution in [3.8, 4) is 12.1 Å². The van der Waals surface area contributed by atoms with Crippen LogP contribution >= 0.6 is 0 Å². The molecular formula is C11H11N2. The zero-order chi connectivity index (χ0) is 9.90. The standard InChI is InChI=1S/C11H11N2/c1-11(2)5-3-4-9(6-11)10(7-12)8-13/h4H,5-6H2,1-2H3. The first-order valence-electron chi connectivity index (χ1n) is 4.19. The lowest BCUT2D eigenvalue weighted by molar-refractivity contribution is 0.356. The first-order valence-corrected chi connectivity index (χ1v) is 4.19. The molecule has 2 nitrogen and oxygen atoms in total. The van der Waals surface area contributed by atoms with Crippen molar-refractivity contribution in [1.82, 2.24) is 0 Å². The molecule has 13 heavy (non-hydrogen) atoms. The summed E-state index contributed by atoms with van der Waals surface area (Å²) >= 11 is 0. The van der Waals surface area contributed by atoms with Crippen molar-refractivity contribution in [2.24, 2.45) is 5.41 Å². The average molecular weight is 171 g/mol. The van der Waals surface area contributed by atoms with Crippen LogP contribution in [0.3, 0.4) is 0 Å². The minimum atomic E-state index is 0.128. The van der Waals surface area contributed by atoms with Crippen molar-refractivity contribution in [3.05, 3.63) is 23.3 Å². The van der Waals surface area contributed by atoms with E-state index in [9.17, 15) is 0 Å². The molecular weight excluding hydrogens is 160 g/mol. The molecule has 1 radical (unpaired) electrons. The molecule has 0 unspecified atom stereocenters. The van der Waals surface area contributed by atoms with Crippen LogP contribution in [-0.2, 0) is 0 Å². The molecule has 1 aliphatic carbocycles. The Labute approximate surface area is 78.8 Å². The lowest BCUT2D eigenvalue weighted by Gasteiger charge is -2.26. The maximum Gasteiger partial charge on any atom is 0.132 e. The average Bonchev–Trinajstić information content (AvgIpc) is 2.05. The van der Waals surface area contributed by atoms with Gasteiger partial charge in [-0.2, -0.15) is 10.5 Å². The van der Waals surface area contributed by atoms with E-state index in [1.165, 1.54) is 0 Å². The van der Waals surface area contributed by atoms with Gasteiger partial charge < -0.3 is 0 Å². The fourth-order valence-corrected chi connectivity index (χ4v) is 1.41. The number of nitriles is 2. The van der Waals surface area contributed by atoms with Crippen LogP contribution in [0.1, 0.15) is 26.7 Å². The lowest BCUT2D eigenvalue weighted by atomic mass is 9.78. The van der Waals surface area contributed by atoms with Crippen LogP contribution in [0.5, 0.6) is 0 Å². The molecule has 0 aromatic heterocycles. The van der Waals surface area contributed by atoms with Gasteiger partial charge >= 0.3 is 0 Å². The van der Waals surface area contributed by atoms with Gasteiger partial charge in [0.25, 0.3) is 0 Å². The molecule has 1 aliphatic rings. The van der Waals surface area contributed by atoms with Crippen LogP contribution in [0, 0.1) is 34.2 Å². The van der Waals surface area contributed by atoms with E-state index in [2.05, 4.69) is 19.9 Å². The van der Waals surface area contributed by atoms with E-state index in [4.69, 9.17) is 10.5 Å². The number of allylic oxidation sites excluding steroid dienone is 4. The molecule has 0 spiro atoms. The van der Waals surface area contributed by atoms with Crippen molar-refractivity contribution in [2.45, 2.75) is 26.7 Å². The van der Waals surface area contributed by atoms with Gasteiger partial charge in [-0.3, -0.25) is 0 Å². The first kappa shape index (κ1) is 9.55. The first-order chi connectivity index (χ1) is 6.09. The van der Waals surface area contributed by atoms with E-state index in [1.807, 2.05) is 12.1 Å². The number of rotatable bonds is 0. The van der Waals surface area contributed by atoms with Gasteiger partial charge in [-0.25, -0.2) is 0 Å².